The number of amides is 1. The Bertz CT molecular complexity index is 1100. The zero-order chi connectivity index (χ0) is 24.1. The predicted molar refractivity (Wildman–Crippen MR) is 125 cm³/mol. The highest BCUT2D eigenvalue weighted by Gasteiger charge is 2.32. The van der Waals surface area contributed by atoms with Crippen LogP contribution in [-0.2, 0) is 21.4 Å². The summed E-state index contributed by atoms with van der Waals surface area (Å²) < 4.78 is 53.3. The molecule has 2 aliphatic rings. The smallest absolute Gasteiger partial charge is 0.243 e. The number of carbonyl (C=O) groups excluding carboxylic acids is 1. The van der Waals surface area contributed by atoms with Gasteiger partial charge in [0.25, 0.3) is 0 Å². The first kappa shape index (κ1) is 24.5. The van der Waals surface area contributed by atoms with Gasteiger partial charge in [0.15, 0.2) is 11.6 Å². The maximum atomic E-state index is 13.5. The highest BCUT2D eigenvalue weighted by atomic mass is 32.2. The van der Waals surface area contributed by atoms with E-state index in [-0.39, 0.29) is 29.8 Å². The van der Waals surface area contributed by atoms with Gasteiger partial charge in [0.1, 0.15) is 5.82 Å². The number of hydrogen-bond acceptors (Lipinski definition) is 5. The van der Waals surface area contributed by atoms with Crippen molar-refractivity contribution in [1.29, 1.82) is 0 Å². The van der Waals surface area contributed by atoms with Crippen LogP contribution in [-0.4, -0.2) is 49.8 Å². The number of aromatic nitrogens is 1. The molecule has 0 unspecified atom stereocenters. The van der Waals surface area contributed by atoms with Gasteiger partial charge in [0.2, 0.25) is 15.9 Å². The maximum Gasteiger partial charge on any atom is 0.243 e. The maximum absolute atomic E-state index is 13.5. The molecule has 3 heterocycles. The zero-order valence-corrected chi connectivity index (χ0v) is 19.9. The van der Waals surface area contributed by atoms with Crippen LogP contribution in [0.2, 0.25) is 0 Å². The fraction of sp³-hybridized carbons (Fsp3) is 0.500. The predicted octanol–water partition coefficient (Wildman–Crippen LogP) is 3.46. The summed E-state index contributed by atoms with van der Waals surface area (Å²) in [5.74, 6) is -1.76. The second-order valence-corrected chi connectivity index (χ2v) is 10.8. The lowest BCUT2D eigenvalue weighted by Gasteiger charge is -2.30. The number of nitrogens with zero attached hydrogens (tertiary/aromatic N) is 3. The fourth-order valence-electron chi connectivity index (χ4n) is 4.49. The Hall–Kier alpha value is -2.59. The largest absolute Gasteiger partial charge is 0.357 e. The minimum atomic E-state index is -3.94. The van der Waals surface area contributed by atoms with Crippen molar-refractivity contribution >= 4 is 21.7 Å². The minimum Gasteiger partial charge on any atom is -0.357 e. The Morgan fingerprint density at radius 1 is 0.971 bits per heavy atom. The summed E-state index contributed by atoms with van der Waals surface area (Å²) >= 11 is 0. The van der Waals surface area contributed by atoms with Crippen LogP contribution >= 0.6 is 0 Å². The van der Waals surface area contributed by atoms with Crippen LogP contribution in [0.1, 0.15) is 44.1 Å². The van der Waals surface area contributed by atoms with Gasteiger partial charge in [0.05, 0.1) is 4.90 Å². The van der Waals surface area contributed by atoms with Gasteiger partial charge >= 0.3 is 0 Å². The second-order valence-electron chi connectivity index (χ2n) is 8.90. The summed E-state index contributed by atoms with van der Waals surface area (Å²) in [5.41, 5.74) is 0.908. The van der Waals surface area contributed by atoms with Crippen LogP contribution < -0.4 is 10.2 Å². The van der Waals surface area contributed by atoms with Gasteiger partial charge in [0, 0.05) is 44.8 Å². The number of carbonyl (C=O) groups is 1. The van der Waals surface area contributed by atoms with Gasteiger partial charge < -0.3 is 10.2 Å². The Labute approximate surface area is 199 Å². The lowest BCUT2D eigenvalue weighted by atomic mass is 9.97. The standard InChI is InChI=1S/C24H30F2N4O3S/c25-21-7-6-20(15-22(21)26)34(32,33)30-13-9-19(10-14-30)24(31)28-17-18-5-8-23(27-16-18)29-11-3-1-2-4-12-29/h5-8,15-16,19H,1-4,9-14,17H2,(H,28,31). The topological polar surface area (TPSA) is 82.6 Å². The highest BCUT2D eigenvalue weighted by molar-refractivity contribution is 7.89. The molecule has 1 aromatic carbocycles. The molecular weight excluding hydrogens is 462 g/mol. The molecular formula is C24H30F2N4O3S. The number of hydrogen-bond donors (Lipinski definition) is 1. The molecule has 0 radical (unpaired) electrons. The van der Waals surface area contributed by atoms with Gasteiger partial charge in [-0.2, -0.15) is 4.31 Å². The normalized spacial score (nSPS) is 18.5. The van der Waals surface area contributed by atoms with Crippen molar-refractivity contribution in [3.05, 3.63) is 53.7 Å². The number of sulfonamides is 1. The van der Waals surface area contributed by atoms with Crippen LogP contribution in [0.5, 0.6) is 0 Å². The first-order valence-corrected chi connectivity index (χ1v) is 13.2. The molecule has 0 atom stereocenters. The summed E-state index contributed by atoms with van der Waals surface area (Å²) in [6, 6.07) is 6.52. The molecule has 4 rings (SSSR count). The van der Waals surface area contributed by atoms with Crippen LogP contribution in [0.4, 0.5) is 14.6 Å². The van der Waals surface area contributed by atoms with E-state index in [2.05, 4.69) is 15.2 Å². The molecule has 1 N–H and O–H groups in total. The molecule has 2 fully saturated rings. The van der Waals surface area contributed by atoms with Crippen molar-refractivity contribution < 1.29 is 22.0 Å². The summed E-state index contributed by atoms with van der Waals surface area (Å²) in [5, 5.41) is 2.92. The van der Waals surface area contributed by atoms with Crippen molar-refractivity contribution in [3.63, 3.8) is 0 Å². The molecule has 34 heavy (non-hydrogen) atoms. The Kier molecular flexibility index (Phi) is 7.77. The minimum absolute atomic E-state index is 0.124. The quantitative estimate of drug-likeness (QED) is 0.668. The molecule has 0 aliphatic carbocycles. The second kappa shape index (κ2) is 10.8. The number of benzene rings is 1. The number of pyridine rings is 1. The summed E-state index contributed by atoms with van der Waals surface area (Å²) in [7, 11) is -3.94. The Morgan fingerprint density at radius 3 is 2.29 bits per heavy atom. The van der Waals surface area contributed by atoms with Gasteiger partial charge in [-0.3, -0.25) is 4.79 Å². The lowest BCUT2D eigenvalue weighted by molar-refractivity contribution is -0.126. The zero-order valence-electron chi connectivity index (χ0n) is 19.1. The summed E-state index contributed by atoms with van der Waals surface area (Å²) in [4.78, 5) is 19.2. The first-order valence-electron chi connectivity index (χ1n) is 11.8. The van der Waals surface area contributed by atoms with Crippen LogP contribution in [0, 0.1) is 17.6 Å². The number of anilines is 1. The summed E-state index contributed by atoms with van der Waals surface area (Å²) in [6.07, 6.45) is 7.40. The molecule has 7 nitrogen and oxygen atoms in total. The van der Waals surface area contributed by atoms with E-state index in [1.165, 1.54) is 30.0 Å². The molecule has 0 saturated carbocycles. The van der Waals surface area contributed by atoms with Crippen LogP contribution in [0.15, 0.2) is 41.4 Å². The molecule has 2 saturated heterocycles. The first-order chi connectivity index (χ1) is 16.3. The molecule has 2 aromatic rings. The molecule has 1 amide bonds. The van der Waals surface area contributed by atoms with Crippen molar-refractivity contribution in [2.24, 2.45) is 5.92 Å². The number of rotatable bonds is 6. The van der Waals surface area contributed by atoms with Crippen molar-refractivity contribution in [3.8, 4) is 0 Å². The number of halogens is 2. The highest BCUT2D eigenvalue weighted by Crippen LogP contribution is 2.25. The van der Waals surface area contributed by atoms with E-state index in [0.29, 0.717) is 25.5 Å². The van der Waals surface area contributed by atoms with Gasteiger partial charge in [-0.15, -0.1) is 0 Å². The summed E-state index contributed by atoms with van der Waals surface area (Å²) in [6.45, 7) is 2.69. The van der Waals surface area contributed by atoms with E-state index in [4.69, 9.17) is 0 Å². The van der Waals surface area contributed by atoms with Crippen LogP contribution in [0.3, 0.4) is 0 Å². The Balaban J connectivity index is 1.27. The van der Waals surface area contributed by atoms with Gasteiger partial charge in [-0.05, 0) is 55.5 Å². The van der Waals surface area contributed by atoms with E-state index >= 15 is 0 Å². The van der Waals surface area contributed by atoms with Gasteiger partial charge in [-0.1, -0.05) is 18.9 Å². The third kappa shape index (κ3) is 5.72. The molecule has 0 spiro atoms. The third-order valence-electron chi connectivity index (χ3n) is 6.56. The average Bonchev–Trinajstić information content (AvgIpc) is 3.14. The van der Waals surface area contributed by atoms with Crippen molar-refractivity contribution in [2.45, 2.75) is 50.0 Å². The van der Waals surface area contributed by atoms with E-state index in [0.717, 1.165) is 36.6 Å². The van der Waals surface area contributed by atoms with Crippen LogP contribution in [0.25, 0.3) is 0 Å². The molecule has 0 bridgehead atoms. The monoisotopic (exact) mass is 492 g/mol. The fourth-order valence-corrected chi connectivity index (χ4v) is 5.97. The van der Waals surface area contributed by atoms with E-state index in [9.17, 15) is 22.0 Å². The molecule has 184 valence electrons. The molecule has 1 aromatic heterocycles. The van der Waals surface area contributed by atoms with E-state index < -0.39 is 21.7 Å². The third-order valence-corrected chi connectivity index (χ3v) is 8.45. The van der Waals surface area contributed by atoms with E-state index in [1.807, 2.05) is 12.1 Å². The van der Waals surface area contributed by atoms with Crippen molar-refractivity contribution in [2.75, 3.05) is 31.1 Å². The lowest BCUT2D eigenvalue weighted by Crippen LogP contribution is -2.42. The number of nitrogens with one attached hydrogen (secondary N) is 1. The molecule has 10 heteroatoms. The van der Waals surface area contributed by atoms with Crippen molar-refractivity contribution in [1.82, 2.24) is 14.6 Å². The Morgan fingerprint density at radius 2 is 1.68 bits per heavy atom. The van der Waals surface area contributed by atoms with E-state index in [1.54, 1.807) is 6.20 Å². The number of piperidine rings is 1. The van der Waals surface area contributed by atoms with Gasteiger partial charge in [-0.25, -0.2) is 22.2 Å². The average molecular weight is 493 g/mol. The SMILES string of the molecule is O=C(NCc1ccc(N2CCCCCC2)nc1)C1CCN(S(=O)(=O)c2ccc(F)c(F)c2)CC1. The molecule has 2 aliphatic heterocycles.